The maximum atomic E-state index is 11.6. The van der Waals surface area contributed by atoms with Gasteiger partial charge in [0.05, 0.1) is 6.42 Å². The van der Waals surface area contributed by atoms with E-state index in [1.54, 1.807) is 18.2 Å². The Balaban J connectivity index is 2.56. The molecule has 2 rings (SSSR count). The molecule has 0 fully saturated rings. The van der Waals surface area contributed by atoms with E-state index in [-0.39, 0.29) is 18.2 Å². The van der Waals surface area contributed by atoms with Crippen molar-refractivity contribution in [3.05, 3.63) is 34.3 Å². The van der Waals surface area contributed by atoms with Crippen LogP contribution in [0, 0.1) is 0 Å². The fraction of sp³-hybridized carbons (Fsp3) is 0.200. The van der Waals surface area contributed by atoms with Crippen LogP contribution < -0.4 is 0 Å². The molecule has 0 spiro atoms. The van der Waals surface area contributed by atoms with Crippen LogP contribution in [0.1, 0.15) is 15.9 Å². The highest BCUT2D eigenvalue weighted by atomic mass is 35.5. The molecular weight excluding hydrogens is 202 g/mol. The lowest BCUT2D eigenvalue weighted by molar-refractivity contribution is -0.127. The fourth-order valence-corrected chi connectivity index (χ4v) is 1.69. The molecule has 72 valence electrons. The van der Waals surface area contributed by atoms with Crippen molar-refractivity contribution < 1.29 is 9.59 Å². The summed E-state index contributed by atoms with van der Waals surface area (Å²) in [6.07, 6.45) is 0.248. The molecule has 0 saturated heterocycles. The third kappa shape index (κ3) is 1.30. The number of fused-ring (bicyclic) bond motifs is 1. The second-order valence-corrected chi connectivity index (χ2v) is 3.67. The number of hydrogen-bond donors (Lipinski definition) is 0. The average Bonchev–Trinajstić information content (AvgIpc) is 2.14. The van der Waals surface area contributed by atoms with Gasteiger partial charge in [0.1, 0.15) is 0 Å². The van der Waals surface area contributed by atoms with E-state index in [2.05, 4.69) is 0 Å². The van der Waals surface area contributed by atoms with Crippen molar-refractivity contribution in [1.82, 2.24) is 4.90 Å². The van der Waals surface area contributed by atoms with Crippen LogP contribution in [0.3, 0.4) is 0 Å². The van der Waals surface area contributed by atoms with Crippen molar-refractivity contribution in [1.29, 1.82) is 0 Å². The Morgan fingerprint density at radius 3 is 2.79 bits per heavy atom. The molecule has 1 aromatic rings. The predicted octanol–water partition coefficient (Wildman–Crippen LogP) is 1.49. The standard InChI is InChI=1S/C10H8ClNO2/c1-12-9(13)5-6-4-7(11)2-3-8(6)10(12)14/h2-4H,5H2,1H3. The molecule has 1 aromatic carbocycles. The Morgan fingerprint density at radius 2 is 2.07 bits per heavy atom. The zero-order valence-corrected chi connectivity index (χ0v) is 8.34. The van der Waals surface area contributed by atoms with Gasteiger partial charge in [0.2, 0.25) is 5.91 Å². The SMILES string of the molecule is CN1C(=O)Cc2cc(Cl)ccc2C1=O. The highest BCUT2D eigenvalue weighted by Crippen LogP contribution is 2.22. The molecule has 14 heavy (non-hydrogen) atoms. The van der Waals surface area contributed by atoms with Crippen molar-refractivity contribution in [3.63, 3.8) is 0 Å². The van der Waals surface area contributed by atoms with Gasteiger partial charge in [-0.15, -0.1) is 0 Å². The molecule has 1 heterocycles. The Labute approximate surface area is 86.3 Å². The molecule has 0 atom stereocenters. The molecular formula is C10H8ClNO2. The molecule has 1 aliphatic heterocycles. The monoisotopic (exact) mass is 209 g/mol. The van der Waals surface area contributed by atoms with E-state index in [1.165, 1.54) is 7.05 Å². The molecule has 0 unspecified atom stereocenters. The van der Waals surface area contributed by atoms with Gasteiger partial charge in [0.15, 0.2) is 0 Å². The zero-order valence-electron chi connectivity index (χ0n) is 7.58. The minimum Gasteiger partial charge on any atom is -0.281 e. The van der Waals surface area contributed by atoms with E-state index in [1.807, 2.05) is 0 Å². The number of carbonyl (C=O) groups is 2. The quantitative estimate of drug-likeness (QED) is 0.608. The first-order chi connectivity index (χ1) is 6.59. The highest BCUT2D eigenvalue weighted by molar-refractivity contribution is 6.31. The van der Waals surface area contributed by atoms with E-state index in [0.717, 1.165) is 4.90 Å². The molecule has 0 aromatic heterocycles. The number of carbonyl (C=O) groups excluding carboxylic acids is 2. The minimum absolute atomic E-state index is 0.190. The number of likely N-dealkylation sites (N-methyl/N-ethyl adjacent to an activating group) is 1. The maximum absolute atomic E-state index is 11.6. The van der Waals surface area contributed by atoms with Crippen LogP contribution >= 0.6 is 11.6 Å². The fourth-order valence-electron chi connectivity index (χ4n) is 1.49. The number of nitrogens with zero attached hydrogens (tertiary/aromatic N) is 1. The smallest absolute Gasteiger partial charge is 0.260 e. The molecule has 0 bridgehead atoms. The third-order valence-corrected chi connectivity index (χ3v) is 2.55. The van der Waals surface area contributed by atoms with Crippen LogP contribution in [-0.4, -0.2) is 23.8 Å². The summed E-state index contributed by atoms with van der Waals surface area (Å²) in [7, 11) is 1.49. The van der Waals surface area contributed by atoms with Crippen molar-refractivity contribution in [2.24, 2.45) is 0 Å². The molecule has 0 saturated carbocycles. The minimum atomic E-state index is -0.257. The second-order valence-electron chi connectivity index (χ2n) is 3.24. The first-order valence-corrected chi connectivity index (χ1v) is 4.56. The third-order valence-electron chi connectivity index (χ3n) is 2.32. The second kappa shape index (κ2) is 3.10. The number of rotatable bonds is 0. The van der Waals surface area contributed by atoms with Gasteiger partial charge in [-0.25, -0.2) is 0 Å². The summed E-state index contributed by atoms with van der Waals surface area (Å²) >= 11 is 5.77. The number of imide groups is 1. The summed E-state index contributed by atoms with van der Waals surface area (Å²) in [5, 5.41) is 0.550. The number of hydrogen-bond acceptors (Lipinski definition) is 2. The maximum Gasteiger partial charge on any atom is 0.260 e. The lowest BCUT2D eigenvalue weighted by atomic mass is 9.99. The van der Waals surface area contributed by atoms with Crippen LogP contribution in [0.2, 0.25) is 5.02 Å². The molecule has 1 aliphatic rings. The topological polar surface area (TPSA) is 37.4 Å². The normalized spacial score (nSPS) is 15.7. The van der Waals surface area contributed by atoms with E-state index >= 15 is 0 Å². The van der Waals surface area contributed by atoms with Crippen LogP contribution in [0.15, 0.2) is 18.2 Å². The molecule has 0 aliphatic carbocycles. The summed E-state index contributed by atoms with van der Waals surface area (Å²) < 4.78 is 0. The lowest BCUT2D eigenvalue weighted by Crippen LogP contribution is -2.39. The van der Waals surface area contributed by atoms with Gasteiger partial charge in [0, 0.05) is 17.6 Å². The number of amides is 2. The van der Waals surface area contributed by atoms with Gasteiger partial charge in [-0.05, 0) is 23.8 Å². The van der Waals surface area contributed by atoms with Gasteiger partial charge in [0.25, 0.3) is 5.91 Å². The summed E-state index contributed by atoms with van der Waals surface area (Å²) in [6, 6.07) is 4.98. The van der Waals surface area contributed by atoms with Crippen LogP contribution in [0.4, 0.5) is 0 Å². The zero-order chi connectivity index (χ0) is 10.3. The molecule has 0 N–H and O–H groups in total. The first kappa shape index (κ1) is 9.21. The van der Waals surface area contributed by atoms with Gasteiger partial charge in [-0.1, -0.05) is 11.6 Å². The van der Waals surface area contributed by atoms with E-state index in [9.17, 15) is 9.59 Å². The summed E-state index contributed by atoms with van der Waals surface area (Å²) in [5.41, 5.74) is 1.28. The van der Waals surface area contributed by atoms with E-state index < -0.39 is 0 Å². The largest absolute Gasteiger partial charge is 0.281 e. The number of halogens is 1. The Hall–Kier alpha value is -1.35. The van der Waals surface area contributed by atoms with Gasteiger partial charge in [-0.3, -0.25) is 14.5 Å². The lowest BCUT2D eigenvalue weighted by Gasteiger charge is -2.22. The Bertz CT molecular complexity index is 428. The Kier molecular flexibility index (Phi) is 2.04. The van der Waals surface area contributed by atoms with Crippen LogP contribution in [0.5, 0.6) is 0 Å². The molecule has 3 nitrogen and oxygen atoms in total. The summed E-state index contributed by atoms with van der Waals surface area (Å²) in [4.78, 5) is 24.1. The van der Waals surface area contributed by atoms with Crippen LogP contribution in [0.25, 0.3) is 0 Å². The van der Waals surface area contributed by atoms with Crippen molar-refractivity contribution in [2.45, 2.75) is 6.42 Å². The first-order valence-electron chi connectivity index (χ1n) is 4.19. The predicted molar refractivity (Wildman–Crippen MR) is 52.3 cm³/mol. The Morgan fingerprint density at radius 1 is 1.36 bits per heavy atom. The summed E-state index contributed by atoms with van der Waals surface area (Å²) in [6.45, 7) is 0. The van der Waals surface area contributed by atoms with Gasteiger partial charge < -0.3 is 0 Å². The van der Waals surface area contributed by atoms with Gasteiger partial charge in [-0.2, -0.15) is 0 Å². The molecule has 0 radical (unpaired) electrons. The van der Waals surface area contributed by atoms with Crippen molar-refractivity contribution >= 4 is 23.4 Å². The molecule has 2 amide bonds. The highest BCUT2D eigenvalue weighted by Gasteiger charge is 2.27. The van der Waals surface area contributed by atoms with Crippen molar-refractivity contribution in [3.8, 4) is 0 Å². The van der Waals surface area contributed by atoms with Crippen molar-refractivity contribution in [2.75, 3.05) is 7.05 Å². The summed E-state index contributed by atoms with van der Waals surface area (Å²) in [5.74, 6) is -0.447. The average molecular weight is 210 g/mol. The van der Waals surface area contributed by atoms with E-state index in [4.69, 9.17) is 11.6 Å². The number of benzene rings is 1. The van der Waals surface area contributed by atoms with E-state index in [0.29, 0.717) is 16.1 Å². The van der Waals surface area contributed by atoms with Gasteiger partial charge >= 0.3 is 0 Å². The van der Waals surface area contributed by atoms with Crippen LogP contribution in [-0.2, 0) is 11.2 Å². The molecule has 4 heteroatoms.